The summed E-state index contributed by atoms with van der Waals surface area (Å²) >= 11 is 3.33. The number of ether oxygens (including phenoxy) is 1. The van der Waals surface area contributed by atoms with Crippen molar-refractivity contribution in [1.29, 1.82) is 0 Å². The molecule has 106 valence electrons. The molecule has 0 aromatic heterocycles. The van der Waals surface area contributed by atoms with E-state index in [1.54, 1.807) is 12.1 Å². The number of halogens is 2. The standard InChI is InChI=1S/C16H17BrFNO/c1-11(19-2)12-3-6-15(7-4-12)20-10-13-9-14(17)5-8-16(13)18/h3-9,11,19H,10H2,1-2H3. The zero-order chi connectivity index (χ0) is 14.5. The molecule has 20 heavy (non-hydrogen) atoms. The third-order valence-corrected chi connectivity index (χ3v) is 3.71. The van der Waals surface area contributed by atoms with Gasteiger partial charge in [-0.1, -0.05) is 28.1 Å². The average Bonchev–Trinajstić information content (AvgIpc) is 2.48. The van der Waals surface area contributed by atoms with E-state index in [4.69, 9.17) is 4.74 Å². The Morgan fingerprint density at radius 3 is 2.55 bits per heavy atom. The van der Waals surface area contributed by atoms with Gasteiger partial charge in [0.15, 0.2) is 0 Å². The van der Waals surface area contributed by atoms with Crippen molar-refractivity contribution < 1.29 is 9.13 Å². The van der Waals surface area contributed by atoms with Gasteiger partial charge >= 0.3 is 0 Å². The Labute approximate surface area is 127 Å². The molecule has 1 unspecified atom stereocenters. The van der Waals surface area contributed by atoms with Gasteiger partial charge < -0.3 is 10.1 Å². The minimum atomic E-state index is -0.256. The molecule has 0 radical (unpaired) electrons. The number of rotatable bonds is 5. The molecule has 2 nitrogen and oxygen atoms in total. The van der Waals surface area contributed by atoms with Crippen molar-refractivity contribution in [2.24, 2.45) is 0 Å². The molecular weight excluding hydrogens is 321 g/mol. The van der Waals surface area contributed by atoms with Gasteiger partial charge in [-0.15, -0.1) is 0 Å². The molecule has 0 saturated carbocycles. The Hall–Kier alpha value is -1.39. The second-order valence-corrected chi connectivity index (χ2v) is 5.52. The first-order valence-electron chi connectivity index (χ1n) is 6.44. The van der Waals surface area contributed by atoms with Crippen LogP contribution in [0.4, 0.5) is 4.39 Å². The molecule has 0 saturated heterocycles. The smallest absolute Gasteiger partial charge is 0.129 e. The molecule has 0 aliphatic rings. The molecule has 2 aromatic rings. The maximum atomic E-state index is 13.6. The van der Waals surface area contributed by atoms with Crippen LogP contribution < -0.4 is 10.1 Å². The molecule has 4 heteroatoms. The molecule has 0 bridgehead atoms. The molecule has 0 aliphatic heterocycles. The SMILES string of the molecule is CNC(C)c1ccc(OCc2cc(Br)ccc2F)cc1. The summed E-state index contributed by atoms with van der Waals surface area (Å²) in [7, 11) is 1.92. The number of hydrogen-bond donors (Lipinski definition) is 1. The summed E-state index contributed by atoms with van der Waals surface area (Å²) in [5.74, 6) is 0.477. The Morgan fingerprint density at radius 1 is 1.20 bits per heavy atom. The molecule has 0 aliphatic carbocycles. The van der Waals surface area contributed by atoms with E-state index in [0.717, 1.165) is 10.2 Å². The maximum absolute atomic E-state index is 13.6. The van der Waals surface area contributed by atoms with Crippen LogP contribution in [-0.4, -0.2) is 7.05 Å². The van der Waals surface area contributed by atoms with Crippen LogP contribution in [0.25, 0.3) is 0 Å². The first kappa shape index (κ1) is 15.0. The van der Waals surface area contributed by atoms with Crippen LogP contribution in [0.15, 0.2) is 46.9 Å². The third-order valence-electron chi connectivity index (χ3n) is 3.22. The van der Waals surface area contributed by atoms with Gasteiger partial charge in [0.1, 0.15) is 18.2 Å². The van der Waals surface area contributed by atoms with Crippen LogP contribution in [-0.2, 0) is 6.61 Å². The lowest BCUT2D eigenvalue weighted by molar-refractivity contribution is 0.299. The van der Waals surface area contributed by atoms with Gasteiger partial charge in [0.2, 0.25) is 0 Å². The van der Waals surface area contributed by atoms with Gasteiger partial charge in [0, 0.05) is 16.1 Å². The Morgan fingerprint density at radius 2 is 1.90 bits per heavy atom. The maximum Gasteiger partial charge on any atom is 0.129 e. The van der Waals surface area contributed by atoms with Gasteiger partial charge in [-0.25, -0.2) is 4.39 Å². The third kappa shape index (κ3) is 3.81. The van der Waals surface area contributed by atoms with Crippen molar-refractivity contribution in [3.63, 3.8) is 0 Å². The zero-order valence-corrected chi connectivity index (χ0v) is 13.1. The lowest BCUT2D eigenvalue weighted by Crippen LogP contribution is -2.11. The second kappa shape index (κ2) is 6.86. The highest BCUT2D eigenvalue weighted by Gasteiger charge is 2.05. The number of nitrogens with one attached hydrogen (secondary N) is 1. The van der Waals surface area contributed by atoms with E-state index in [9.17, 15) is 4.39 Å². The van der Waals surface area contributed by atoms with Crippen molar-refractivity contribution in [1.82, 2.24) is 5.32 Å². The zero-order valence-electron chi connectivity index (χ0n) is 11.5. The summed E-state index contributed by atoms with van der Waals surface area (Å²) < 4.78 is 20.0. The Balaban J connectivity index is 2.02. The lowest BCUT2D eigenvalue weighted by Gasteiger charge is -2.12. The van der Waals surface area contributed by atoms with Crippen molar-refractivity contribution in [3.05, 3.63) is 63.9 Å². The van der Waals surface area contributed by atoms with Crippen molar-refractivity contribution in [3.8, 4) is 5.75 Å². The molecule has 0 fully saturated rings. The van der Waals surface area contributed by atoms with Crippen molar-refractivity contribution in [2.45, 2.75) is 19.6 Å². The topological polar surface area (TPSA) is 21.3 Å². The van der Waals surface area contributed by atoms with Crippen LogP contribution in [0.3, 0.4) is 0 Å². The Bertz CT molecular complexity index is 571. The highest BCUT2D eigenvalue weighted by atomic mass is 79.9. The van der Waals surface area contributed by atoms with Gasteiger partial charge in [0.05, 0.1) is 0 Å². The molecule has 1 atom stereocenters. The summed E-state index contributed by atoms with van der Waals surface area (Å²) in [6.45, 7) is 2.30. The van der Waals surface area contributed by atoms with E-state index in [1.165, 1.54) is 11.6 Å². The van der Waals surface area contributed by atoms with Crippen LogP contribution in [0.1, 0.15) is 24.1 Å². The Kier molecular flexibility index (Phi) is 5.15. The van der Waals surface area contributed by atoms with E-state index in [1.807, 2.05) is 31.3 Å². The molecule has 2 aromatic carbocycles. The largest absolute Gasteiger partial charge is 0.489 e. The van der Waals surface area contributed by atoms with Crippen LogP contribution in [0.2, 0.25) is 0 Å². The first-order valence-corrected chi connectivity index (χ1v) is 7.23. The summed E-state index contributed by atoms with van der Waals surface area (Å²) in [6, 6.07) is 13.0. The van der Waals surface area contributed by atoms with E-state index < -0.39 is 0 Å². The molecule has 0 amide bonds. The number of hydrogen-bond acceptors (Lipinski definition) is 2. The molecule has 2 rings (SSSR count). The van der Waals surface area contributed by atoms with Crippen LogP contribution in [0.5, 0.6) is 5.75 Å². The summed E-state index contributed by atoms with van der Waals surface area (Å²) in [5, 5.41) is 3.18. The fourth-order valence-electron chi connectivity index (χ4n) is 1.83. The van der Waals surface area contributed by atoms with Gasteiger partial charge in [-0.2, -0.15) is 0 Å². The number of benzene rings is 2. The summed E-state index contributed by atoms with van der Waals surface area (Å²) in [6.07, 6.45) is 0. The van der Waals surface area contributed by atoms with Crippen LogP contribution in [0, 0.1) is 5.82 Å². The monoisotopic (exact) mass is 337 g/mol. The first-order chi connectivity index (χ1) is 9.60. The molecule has 1 N–H and O–H groups in total. The van der Waals surface area contributed by atoms with E-state index in [-0.39, 0.29) is 12.4 Å². The minimum Gasteiger partial charge on any atom is -0.489 e. The quantitative estimate of drug-likeness (QED) is 0.870. The van der Waals surface area contributed by atoms with E-state index in [2.05, 4.69) is 28.2 Å². The molecular formula is C16H17BrFNO. The summed E-state index contributed by atoms with van der Waals surface area (Å²) in [5.41, 5.74) is 1.72. The predicted octanol–water partition coefficient (Wildman–Crippen LogP) is 4.45. The molecule has 0 spiro atoms. The highest BCUT2D eigenvalue weighted by molar-refractivity contribution is 9.10. The van der Waals surface area contributed by atoms with Crippen molar-refractivity contribution >= 4 is 15.9 Å². The fourth-order valence-corrected chi connectivity index (χ4v) is 2.24. The second-order valence-electron chi connectivity index (χ2n) is 4.60. The fraction of sp³-hybridized carbons (Fsp3) is 0.250. The lowest BCUT2D eigenvalue weighted by atomic mass is 10.1. The van der Waals surface area contributed by atoms with E-state index in [0.29, 0.717) is 11.6 Å². The van der Waals surface area contributed by atoms with Crippen molar-refractivity contribution in [2.75, 3.05) is 7.05 Å². The van der Waals surface area contributed by atoms with Gasteiger partial charge in [-0.05, 0) is 49.9 Å². The average molecular weight is 338 g/mol. The normalized spacial score (nSPS) is 12.2. The predicted molar refractivity (Wildman–Crippen MR) is 82.3 cm³/mol. The van der Waals surface area contributed by atoms with Gasteiger partial charge in [-0.3, -0.25) is 0 Å². The minimum absolute atomic E-state index is 0.214. The van der Waals surface area contributed by atoms with Crippen LogP contribution >= 0.6 is 15.9 Å². The summed E-state index contributed by atoms with van der Waals surface area (Å²) in [4.78, 5) is 0. The molecule has 0 heterocycles. The van der Waals surface area contributed by atoms with E-state index >= 15 is 0 Å². The highest BCUT2D eigenvalue weighted by Crippen LogP contribution is 2.20. The van der Waals surface area contributed by atoms with Gasteiger partial charge in [0.25, 0.3) is 0 Å².